The fourth-order valence-corrected chi connectivity index (χ4v) is 5.60. The zero-order chi connectivity index (χ0) is 18.1. The zero-order valence-corrected chi connectivity index (χ0v) is 15.9. The molecule has 1 aromatic rings. The SMILES string of the molecule is CCc1ccc(C2CCC(C3CCC(C4CC(=O)O4)CC3)CC2)cc1F. The van der Waals surface area contributed by atoms with E-state index < -0.39 is 0 Å². The quantitative estimate of drug-likeness (QED) is 0.637. The Morgan fingerprint density at radius 3 is 2.08 bits per heavy atom. The van der Waals surface area contributed by atoms with Gasteiger partial charge in [-0.2, -0.15) is 0 Å². The molecule has 26 heavy (non-hydrogen) atoms. The minimum Gasteiger partial charge on any atom is -0.461 e. The van der Waals surface area contributed by atoms with E-state index in [0.29, 0.717) is 18.3 Å². The lowest BCUT2D eigenvalue weighted by Gasteiger charge is -2.41. The molecule has 1 heterocycles. The summed E-state index contributed by atoms with van der Waals surface area (Å²) in [6, 6.07) is 5.91. The fraction of sp³-hybridized carbons (Fsp3) is 0.696. The Morgan fingerprint density at radius 2 is 1.54 bits per heavy atom. The molecule has 0 radical (unpaired) electrons. The summed E-state index contributed by atoms with van der Waals surface area (Å²) in [5.74, 6) is 2.80. The van der Waals surface area contributed by atoms with Gasteiger partial charge in [0.2, 0.25) is 0 Å². The molecule has 1 saturated heterocycles. The first kappa shape index (κ1) is 18.0. The van der Waals surface area contributed by atoms with E-state index in [1.54, 1.807) is 6.07 Å². The van der Waals surface area contributed by atoms with Crippen LogP contribution in [0.4, 0.5) is 4.39 Å². The van der Waals surface area contributed by atoms with Gasteiger partial charge in [-0.3, -0.25) is 4.79 Å². The zero-order valence-electron chi connectivity index (χ0n) is 15.9. The van der Waals surface area contributed by atoms with Crippen molar-refractivity contribution in [3.63, 3.8) is 0 Å². The number of carbonyl (C=O) groups is 1. The minimum absolute atomic E-state index is 0.0150. The van der Waals surface area contributed by atoms with E-state index in [9.17, 15) is 9.18 Å². The largest absolute Gasteiger partial charge is 0.461 e. The van der Waals surface area contributed by atoms with Gasteiger partial charge in [0.05, 0.1) is 6.42 Å². The Hall–Kier alpha value is -1.38. The molecule has 0 amide bonds. The average molecular weight is 358 g/mol. The summed E-state index contributed by atoms with van der Waals surface area (Å²) in [6.45, 7) is 2.01. The van der Waals surface area contributed by atoms with E-state index in [1.165, 1.54) is 56.9 Å². The number of hydrogen-bond acceptors (Lipinski definition) is 2. The molecule has 2 aliphatic carbocycles. The van der Waals surface area contributed by atoms with Crippen LogP contribution in [-0.4, -0.2) is 12.1 Å². The fourth-order valence-electron chi connectivity index (χ4n) is 5.60. The van der Waals surface area contributed by atoms with E-state index in [2.05, 4.69) is 6.07 Å². The molecular weight excluding hydrogens is 327 g/mol. The van der Waals surface area contributed by atoms with Crippen molar-refractivity contribution in [2.24, 2.45) is 17.8 Å². The van der Waals surface area contributed by atoms with Crippen molar-refractivity contribution in [1.82, 2.24) is 0 Å². The summed E-state index contributed by atoms with van der Waals surface area (Å²) in [6.07, 6.45) is 11.7. The molecular formula is C23H31FO2. The number of halogens is 1. The van der Waals surface area contributed by atoms with E-state index in [1.807, 2.05) is 13.0 Å². The topological polar surface area (TPSA) is 26.3 Å². The van der Waals surface area contributed by atoms with Crippen molar-refractivity contribution < 1.29 is 13.9 Å². The van der Waals surface area contributed by atoms with E-state index in [4.69, 9.17) is 4.74 Å². The van der Waals surface area contributed by atoms with Crippen LogP contribution in [0.2, 0.25) is 0 Å². The molecule has 3 heteroatoms. The predicted octanol–water partition coefficient (Wildman–Crippen LogP) is 5.78. The molecule has 1 atom stereocenters. The van der Waals surface area contributed by atoms with Gasteiger partial charge < -0.3 is 4.74 Å². The highest BCUT2D eigenvalue weighted by atomic mass is 19.1. The summed E-state index contributed by atoms with van der Waals surface area (Å²) in [4.78, 5) is 11.0. The highest BCUT2D eigenvalue weighted by Crippen LogP contribution is 2.45. The van der Waals surface area contributed by atoms with Gasteiger partial charge in [-0.25, -0.2) is 4.39 Å². The molecule has 1 aliphatic heterocycles. The van der Waals surface area contributed by atoms with E-state index >= 15 is 0 Å². The van der Waals surface area contributed by atoms with Crippen LogP contribution in [0.15, 0.2) is 18.2 Å². The number of hydrogen-bond donors (Lipinski definition) is 0. The van der Waals surface area contributed by atoms with Gasteiger partial charge >= 0.3 is 5.97 Å². The Kier molecular flexibility index (Phi) is 5.33. The van der Waals surface area contributed by atoms with Crippen LogP contribution >= 0.6 is 0 Å². The Labute approximate surface area is 156 Å². The van der Waals surface area contributed by atoms with Crippen molar-refractivity contribution in [2.45, 2.75) is 83.2 Å². The van der Waals surface area contributed by atoms with Gasteiger partial charge in [-0.15, -0.1) is 0 Å². The Morgan fingerprint density at radius 1 is 0.962 bits per heavy atom. The first-order valence-electron chi connectivity index (χ1n) is 10.6. The maximum atomic E-state index is 14.1. The number of esters is 1. The van der Waals surface area contributed by atoms with Crippen LogP contribution in [-0.2, 0) is 16.0 Å². The third kappa shape index (κ3) is 3.68. The number of rotatable bonds is 4. The smallest absolute Gasteiger partial charge is 0.309 e. The van der Waals surface area contributed by atoms with Gasteiger partial charge in [0.25, 0.3) is 0 Å². The molecule has 3 fully saturated rings. The number of aryl methyl sites for hydroxylation is 1. The first-order valence-corrected chi connectivity index (χ1v) is 10.6. The maximum absolute atomic E-state index is 14.1. The van der Waals surface area contributed by atoms with Crippen LogP contribution < -0.4 is 0 Å². The lowest BCUT2D eigenvalue weighted by Crippen LogP contribution is -2.41. The lowest BCUT2D eigenvalue weighted by atomic mass is 9.67. The monoisotopic (exact) mass is 358 g/mol. The van der Waals surface area contributed by atoms with Crippen LogP contribution in [0, 0.1) is 23.6 Å². The molecule has 0 bridgehead atoms. The number of ether oxygens (including phenoxy) is 1. The molecule has 2 saturated carbocycles. The van der Waals surface area contributed by atoms with E-state index in [-0.39, 0.29) is 17.9 Å². The molecule has 4 rings (SSSR count). The summed E-state index contributed by atoms with van der Waals surface area (Å²) >= 11 is 0. The van der Waals surface area contributed by atoms with Crippen LogP contribution in [0.5, 0.6) is 0 Å². The van der Waals surface area contributed by atoms with Crippen LogP contribution in [0.25, 0.3) is 0 Å². The third-order valence-corrected chi connectivity index (χ3v) is 7.36. The number of benzene rings is 1. The minimum atomic E-state index is -0.0258. The van der Waals surface area contributed by atoms with Crippen molar-refractivity contribution in [2.75, 3.05) is 0 Å². The Bertz CT molecular complexity index is 632. The molecule has 0 aromatic heterocycles. The summed E-state index contributed by atoms with van der Waals surface area (Å²) in [5.41, 5.74) is 2.03. The van der Waals surface area contributed by atoms with Crippen molar-refractivity contribution in [3.05, 3.63) is 35.1 Å². The average Bonchev–Trinajstić information content (AvgIpc) is 2.66. The predicted molar refractivity (Wildman–Crippen MR) is 100 cm³/mol. The lowest BCUT2D eigenvalue weighted by molar-refractivity contribution is -0.176. The molecule has 1 unspecified atom stereocenters. The van der Waals surface area contributed by atoms with Gasteiger partial charge in [0, 0.05) is 0 Å². The second kappa shape index (κ2) is 7.70. The van der Waals surface area contributed by atoms with Crippen LogP contribution in [0.1, 0.15) is 81.8 Å². The summed E-state index contributed by atoms with van der Waals surface area (Å²) < 4.78 is 19.4. The standard InChI is InChI=1S/C23H31FO2/c1-2-15-3-12-20(13-21(15)24)18-6-4-16(5-7-18)17-8-10-19(11-9-17)22-14-23(25)26-22/h3,12-13,16-19,22H,2,4-11,14H2,1H3. The van der Waals surface area contributed by atoms with Crippen molar-refractivity contribution in [3.8, 4) is 0 Å². The highest BCUT2D eigenvalue weighted by Gasteiger charge is 2.39. The Balaban J connectivity index is 1.26. The third-order valence-electron chi connectivity index (χ3n) is 7.36. The maximum Gasteiger partial charge on any atom is 0.309 e. The van der Waals surface area contributed by atoms with Crippen molar-refractivity contribution >= 4 is 5.97 Å². The molecule has 1 aromatic carbocycles. The van der Waals surface area contributed by atoms with Gasteiger partial charge in [0.15, 0.2) is 0 Å². The first-order chi connectivity index (χ1) is 12.6. The summed E-state index contributed by atoms with van der Waals surface area (Å²) in [5, 5.41) is 0. The second-order valence-electron chi connectivity index (χ2n) is 8.72. The summed E-state index contributed by atoms with van der Waals surface area (Å²) in [7, 11) is 0. The normalized spacial score (nSPS) is 34.8. The second-order valence-corrected chi connectivity index (χ2v) is 8.72. The van der Waals surface area contributed by atoms with Gasteiger partial charge in [-0.1, -0.05) is 19.1 Å². The molecule has 3 aliphatic rings. The van der Waals surface area contributed by atoms with Crippen LogP contribution in [0.3, 0.4) is 0 Å². The molecule has 0 N–H and O–H groups in total. The highest BCUT2D eigenvalue weighted by molar-refractivity contribution is 5.75. The number of cyclic esters (lactones) is 1. The van der Waals surface area contributed by atoms with Gasteiger partial charge in [0.1, 0.15) is 11.9 Å². The molecule has 0 spiro atoms. The van der Waals surface area contributed by atoms with Gasteiger partial charge in [-0.05, 0) is 98.7 Å². The van der Waals surface area contributed by atoms with Crippen molar-refractivity contribution in [1.29, 1.82) is 0 Å². The molecule has 2 nitrogen and oxygen atoms in total. The van der Waals surface area contributed by atoms with E-state index in [0.717, 1.165) is 23.8 Å². The number of carbonyl (C=O) groups excluding carboxylic acids is 1. The molecule has 142 valence electrons.